The van der Waals surface area contributed by atoms with Gasteiger partial charge in [0.1, 0.15) is 5.75 Å². The SMILES string of the molecule is CC(C)Oc1ccc(C(=O)NC#N)cc1. The predicted octanol–water partition coefficient (Wildman–Crippen LogP) is 1.68. The van der Waals surface area contributed by atoms with E-state index in [1.807, 2.05) is 19.2 Å². The summed E-state index contributed by atoms with van der Waals surface area (Å²) in [5.74, 6) is 0.298. The molecule has 0 unspecified atom stereocenters. The Labute approximate surface area is 88.5 Å². The van der Waals surface area contributed by atoms with Crippen molar-refractivity contribution in [2.75, 3.05) is 0 Å². The van der Waals surface area contributed by atoms with Crippen LogP contribution in [-0.2, 0) is 0 Å². The highest BCUT2D eigenvalue weighted by Crippen LogP contribution is 2.13. The molecule has 0 aliphatic carbocycles. The van der Waals surface area contributed by atoms with Crippen LogP contribution in [0.5, 0.6) is 5.75 Å². The van der Waals surface area contributed by atoms with E-state index in [1.54, 1.807) is 30.5 Å². The molecule has 15 heavy (non-hydrogen) atoms. The Bertz CT molecular complexity index is 377. The summed E-state index contributed by atoms with van der Waals surface area (Å²) >= 11 is 0. The molecule has 1 N–H and O–H groups in total. The van der Waals surface area contributed by atoms with Crippen molar-refractivity contribution in [1.82, 2.24) is 5.32 Å². The molecule has 0 aromatic heterocycles. The maximum absolute atomic E-state index is 11.2. The first kappa shape index (κ1) is 11.1. The first-order valence-electron chi connectivity index (χ1n) is 4.59. The van der Waals surface area contributed by atoms with Gasteiger partial charge in [0.25, 0.3) is 5.91 Å². The molecule has 1 aromatic rings. The molecule has 0 aliphatic heterocycles. The van der Waals surface area contributed by atoms with Crippen molar-refractivity contribution in [2.24, 2.45) is 0 Å². The summed E-state index contributed by atoms with van der Waals surface area (Å²) in [5, 5.41) is 10.3. The van der Waals surface area contributed by atoms with E-state index in [-0.39, 0.29) is 6.10 Å². The van der Waals surface area contributed by atoms with Crippen LogP contribution < -0.4 is 10.1 Å². The van der Waals surface area contributed by atoms with Crippen molar-refractivity contribution in [2.45, 2.75) is 20.0 Å². The first-order chi connectivity index (χ1) is 7.13. The molecule has 4 heteroatoms. The highest BCUT2D eigenvalue weighted by atomic mass is 16.5. The summed E-state index contributed by atoms with van der Waals surface area (Å²) in [6.07, 6.45) is 1.68. The fourth-order valence-corrected chi connectivity index (χ4v) is 1.08. The average Bonchev–Trinajstić information content (AvgIpc) is 2.18. The minimum absolute atomic E-state index is 0.101. The number of carbonyl (C=O) groups is 1. The van der Waals surface area contributed by atoms with E-state index in [4.69, 9.17) is 10.00 Å². The average molecular weight is 204 g/mol. The highest BCUT2D eigenvalue weighted by Gasteiger charge is 2.04. The van der Waals surface area contributed by atoms with Gasteiger partial charge in [-0.3, -0.25) is 10.1 Å². The Kier molecular flexibility index (Phi) is 3.69. The lowest BCUT2D eigenvalue weighted by atomic mass is 10.2. The number of ether oxygens (including phenoxy) is 1. The van der Waals surface area contributed by atoms with Crippen molar-refractivity contribution >= 4 is 5.91 Å². The van der Waals surface area contributed by atoms with Crippen LogP contribution in [0.1, 0.15) is 24.2 Å². The maximum atomic E-state index is 11.2. The molecular formula is C11H12N2O2. The molecule has 0 radical (unpaired) electrons. The number of carbonyl (C=O) groups excluding carboxylic acids is 1. The van der Waals surface area contributed by atoms with E-state index in [9.17, 15) is 4.79 Å². The Hall–Kier alpha value is -2.02. The first-order valence-corrected chi connectivity index (χ1v) is 4.59. The summed E-state index contributed by atoms with van der Waals surface area (Å²) in [5.41, 5.74) is 0.438. The summed E-state index contributed by atoms with van der Waals surface area (Å²) in [6.45, 7) is 3.85. The van der Waals surface area contributed by atoms with E-state index >= 15 is 0 Å². The molecule has 4 nitrogen and oxygen atoms in total. The molecule has 0 saturated heterocycles. The molecular weight excluding hydrogens is 192 g/mol. The van der Waals surface area contributed by atoms with Crippen LogP contribution >= 0.6 is 0 Å². The molecule has 0 atom stereocenters. The van der Waals surface area contributed by atoms with Gasteiger partial charge >= 0.3 is 0 Å². The van der Waals surface area contributed by atoms with Crippen LogP contribution in [0.25, 0.3) is 0 Å². The smallest absolute Gasteiger partial charge is 0.264 e. The van der Waals surface area contributed by atoms with E-state index in [0.717, 1.165) is 0 Å². The third-order valence-electron chi connectivity index (χ3n) is 1.66. The van der Waals surface area contributed by atoms with E-state index in [0.29, 0.717) is 11.3 Å². The van der Waals surface area contributed by atoms with Crippen molar-refractivity contribution < 1.29 is 9.53 Å². The highest BCUT2D eigenvalue weighted by molar-refractivity contribution is 5.95. The quantitative estimate of drug-likeness (QED) is 0.602. The lowest BCUT2D eigenvalue weighted by Gasteiger charge is -2.09. The molecule has 0 spiro atoms. The molecule has 1 rings (SSSR count). The zero-order valence-electron chi connectivity index (χ0n) is 8.65. The Morgan fingerprint density at radius 2 is 2.00 bits per heavy atom. The monoisotopic (exact) mass is 204 g/mol. The Balaban J connectivity index is 2.73. The topological polar surface area (TPSA) is 62.1 Å². The van der Waals surface area contributed by atoms with Gasteiger partial charge in [-0.25, -0.2) is 0 Å². The molecule has 0 saturated carbocycles. The van der Waals surface area contributed by atoms with Gasteiger partial charge in [0.05, 0.1) is 6.10 Å². The summed E-state index contributed by atoms with van der Waals surface area (Å²) in [7, 11) is 0. The van der Waals surface area contributed by atoms with Gasteiger partial charge in [0.15, 0.2) is 6.19 Å². The van der Waals surface area contributed by atoms with Gasteiger partial charge in [0.2, 0.25) is 0 Å². The second-order valence-corrected chi connectivity index (χ2v) is 3.26. The second-order valence-electron chi connectivity index (χ2n) is 3.26. The van der Waals surface area contributed by atoms with Crippen LogP contribution in [-0.4, -0.2) is 12.0 Å². The van der Waals surface area contributed by atoms with E-state index in [2.05, 4.69) is 0 Å². The fraction of sp³-hybridized carbons (Fsp3) is 0.273. The van der Waals surface area contributed by atoms with Gasteiger partial charge in [-0.1, -0.05) is 0 Å². The minimum Gasteiger partial charge on any atom is -0.491 e. The molecule has 1 aromatic carbocycles. The summed E-state index contributed by atoms with van der Waals surface area (Å²) in [6, 6.07) is 6.63. The largest absolute Gasteiger partial charge is 0.491 e. The number of hydrogen-bond acceptors (Lipinski definition) is 3. The van der Waals surface area contributed by atoms with Crippen LogP contribution in [0.4, 0.5) is 0 Å². The summed E-state index contributed by atoms with van der Waals surface area (Å²) in [4.78, 5) is 11.2. The Morgan fingerprint density at radius 3 is 2.47 bits per heavy atom. The normalized spacial score (nSPS) is 9.47. The third kappa shape index (κ3) is 3.31. The van der Waals surface area contributed by atoms with Crippen LogP contribution in [0, 0.1) is 11.5 Å². The number of benzene rings is 1. The van der Waals surface area contributed by atoms with Crippen molar-refractivity contribution in [3.8, 4) is 11.9 Å². The second kappa shape index (κ2) is 5.01. The molecule has 0 bridgehead atoms. The number of amides is 1. The third-order valence-corrected chi connectivity index (χ3v) is 1.66. The van der Waals surface area contributed by atoms with Crippen LogP contribution in [0.15, 0.2) is 24.3 Å². The van der Waals surface area contributed by atoms with Crippen molar-refractivity contribution in [1.29, 1.82) is 5.26 Å². The van der Waals surface area contributed by atoms with Crippen LogP contribution in [0.2, 0.25) is 0 Å². The standard InChI is InChI=1S/C11H12N2O2/c1-8(2)15-10-5-3-9(4-6-10)11(14)13-7-12/h3-6,8H,1-2H3,(H,13,14). The zero-order valence-corrected chi connectivity index (χ0v) is 8.65. The van der Waals surface area contributed by atoms with Gasteiger partial charge < -0.3 is 4.74 Å². The number of nitriles is 1. The summed E-state index contributed by atoms with van der Waals surface area (Å²) < 4.78 is 5.41. The lowest BCUT2D eigenvalue weighted by Crippen LogP contribution is -2.17. The lowest BCUT2D eigenvalue weighted by molar-refractivity contribution is 0.0973. The molecule has 0 aliphatic rings. The zero-order chi connectivity index (χ0) is 11.3. The van der Waals surface area contributed by atoms with Crippen LogP contribution in [0.3, 0.4) is 0 Å². The fourth-order valence-electron chi connectivity index (χ4n) is 1.08. The van der Waals surface area contributed by atoms with Gasteiger partial charge in [-0.2, -0.15) is 5.26 Å². The molecule has 0 fully saturated rings. The van der Waals surface area contributed by atoms with Gasteiger partial charge in [0, 0.05) is 5.56 Å². The number of rotatable bonds is 3. The molecule has 78 valence electrons. The molecule has 1 amide bonds. The predicted molar refractivity (Wildman–Crippen MR) is 55.3 cm³/mol. The molecule has 0 heterocycles. The van der Waals surface area contributed by atoms with Crippen molar-refractivity contribution in [3.63, 3.8) is 0 Å². The number of nitrogens with one attached hydrogen (secondary N) is 1. The van der Waals surface area contributed by atoms with Crippen molar-refractivity contribution in [3.05, 3.63) is 29.8 Å². The minimum atomic E-state index is -0.409. The van der Waals surface area contributed by atoms with E-state index in [1.165, 1.54) is 0 Å². The number of hydrogen-bond donors (Lipinski definition) is 1. The number of nitrogens with zero attached hydrogens (tertiary/aromatic N) is 1. The van der Waals surface area contributed by atoms with E-state index < -0.39 is 5.91 Å². The Morgan fingerprint density at radius 1 is 1.40 bits per heavy atom. The van der Waals surface area contributed by atoms with Gasteiger partial charge in [-0.05, 0) is 38.1 Å². The maximum Gasteiger partial charge on any atom is 0.264 e. The van der Waals surface area contributed by atoms with Gasteiger partial charge in [-0.15, -0.1) is 0 Å².